The second-order valence-electron chi connectivity index (χ2n) is 4.60. The molecule has 1 heterocycles. The van der Waals surface area contributed by atoms with Crippen LogP contribution in [-0.4, -0.2) is 24.7 Å². The summed E-state index contributed by atoms with van der Waals surface area (Å²) in [5.74, 6) is 0.769. The number of urea groups is 1. The Morgan fingerprint density at radius 3 is 2.57 bits per heavy atom. The van der Waals surface area contributed by atoms with Crippen LogP contribution in [0, 0.1) is 0 Å². The summed E-state index contributed by atoms with van der Waals surface area (Å²) in [6.45, 7) is 0.483. The third kappa shape index (κ3) is 5.57. The number of ether oxygens (including phenoxy) is 1. The van der Waals surface area contributed by atoms with Crippen LogP contribution in [-0.2, 0) is 6.42 Å². The number of carbonyl (C=O) groups is 1. The number of nitrogens with one attached hydrogen (secondary N) is 2. The second-order valence-corrected chi connectivity index (χ2v) is 6.23. The maximum absolute atomic E-state index is 11.8. The quantitative estimate of drug-likeness (QED) is 0.701. The molecule has 2 amide bonds. The fraction of sp³-hybridized carbons (Fsp3) is 0.200. The zero-order chi connectivity index (χ0) is 16.8. The first kappa shape index (κ1) is 17.8. The van der Waals surface area contributed by atoms with Gasteiger partial charge in [0.2, 0.25) is 0 Å². The first-order valence-corrected chi connectivity index (χ1v) is 8.23. The van der Waals surface area contributed by atoms with E-state index in [1.807, 2.05) is 18.2 Å². The average Bonchev–Trinajstić information content (AvgIpc) is 2.46. The highest BCUT2D eigenvalue weighted by Crippen LogP contribution is 2.25. The van der Waals surface area contributed by atoms with Gasteiger partial charge in [0.1, 0.15) is 16.1 Å². The molecule has 1 aromatic carbocycles. The molecular weight excluding hydrogens is 405 g/mol. The van der Waals surface area contributed by atoms with Crippen molar-refractivity contribution in [2.75, 3.05) is 19.0 Å². The second kappa shape index (κ2) is 8.38. The molecule has 8 heteroatoms. The Bertz CT molecular complexity index is 693. The molecule has 122 valence electrons. The molecule has 0 radical (unpaired) electrons. The van der Waals surface area contributed by atoms with E-state index in [0.29, 0.717) is 18.7 Å². The molecule has 0 fully saturated rings. The average molecular weight is 419 g/mol. The van der Waals surface area contributed by atoms with Crippen LogP contribution in [0.4, 0.5) is 10.5 Å². The highest BCUT2D eigenvalue weighted by molar-refractivity contribution is 9.10. The molecule has 0 aliphatic carbocycles. The van der Waals surface area contributed by atoms with Gasteiger partial charge in [-0.15, -0.1) is 0 Å². The zero-order valence-electron chi connectivity index (χ0n) is 12.2. The molecule has 1 aromatic heterocycles. The zero-order valence-corrected chi connectivity index (χ0v) is 15.3. The maximum atomic E-state index is 11.8. The lowest BCUT2D eigenvalue weighted by atomic mass is 10.1. The number of aromatic nitrogens is 1. The first-order chi connectivity index (χ1) is 11.0. The number of benzene rings is 1. The van der Waals surface area contributed by atoms with Crippen molar-refractivity contribution in [3.8, 4) is 5.75 Å². The predicted molar refractivity (Wildman–Crippen MR) is 95.7 cm³/mol. The first-order valence-electron chi connectivity index (χ1n) is 6.68. The predicted octanol–water partition coefficient (Wildman–Crippen LogP) is 4.52. The molecule has 0 saturated heterocycles. The van der Waals surface area contributed by atoms with Gasteiger partial charge in [-0.2, -0.15) is 0 Å². The molecule has 2 N–H and O–H groups in total. The number of carbonyl (C=O) groups excluding carboxylic acids is 1. The minimum absolute atomic E-state index is 0.218. The van der Waals surface area contributed by atoms with Crippen LogP contribution in [0.1, 0.15) is 5.56 Å². The van der Waals surface area contributed by atoms with Crippen molar-refractivity contribution in [3.05, 3.63) is 50.7 Å². The normalized spacial score (nSPS) is 10.3. The van der Waals surface area contributed by atoms with Crippen molar-refractivity contribution >= 4 is 50.9 Å². The molecule has 0 unspecified atom stereocenters. The van der Waals surface area contributed by atoms with Gasteiger partial charge in [-0.25, -0.2) is 9.78 Å². The van der Waals surface area contributed by atoms with E-state index in [-0.39, 0.29) is 16.3 Å². The Balaban J connectivity index is 1.84. The van der Waals surface area contributed by atoms with E-state index in [2.05, 4.69) is 31.5 Å². The van der Waals surface area contributed by atoms with Gasteiger partial charge >= 0.3 is 6.03 Å². The van der Waals surface area contributed by atoms with Crippen molar-refractivity contribution in [1.29, 1.82) is 0 Å². The molecule has 2 rings (SSSR count). The molecule has 2 aromatic rings. The highest BCUT2D eigenvalue weighted by atomic mass is 79.9. The summed E-state index contributed by atoms with van der Waals surface area (Å²) in [5.41, 5.74) is 1.56. The van der Waals surface area contributed by atoms with Crippen molar-refractivity contribution in [2.24, 2.45) is 0 Å². The molecule has 5 nitrogen and oxygen atoms in total. The van der Waals surface area contributed by atoms with E-state index in [1.165, 1.54) is 12.1 Å². The number of pyridine rings is 1. The minimum atomic E-state index is -0.337. The van der Waals surface area contributed by atoms with Gasteiger partial charge in [-0.1, -0.05) is 29.3 Å². The van der Waals surface area contributed by atoms with E-state index < -0.39 is 0 Å². The fourth-order valence-electron chi connectivity index (χ4n) is 1.90. The summed E-state index contributed by atoms with van der Waals surface area (Å²) in [6.07, 6.45) is 0.688. The largest absolute Gasteiger partial charge is 0.496 e. The van der Waals surface area contributed by atoms with Gasteiger partial charge < -0.3 is 15.4 Å². The lowest BCUT2D eigenvalue weighted by molar-refractivity contribution is 0.252. The van der Waals surface area contributed by atoms with Crippen molar-refractivity contribution < 1.29 is 9.53 Å². The number of methoxy groups -OCH3 is 1. The number of anilines is 1. The Kier molecular flexibility index (Phi) is 6.50. The van der Waals surface area contributed by atoms with Crippen LogP contribution in [0.15, 0.2) is 34.8 Å². The summed E-state index contributed by atoms with van der Waals surface area (Å²) in [5, 5.41) is 5.85. The Hall–Kier alpha value is -1.50. The molecule has 0 aliphatic heterocycles. The molecular formula is C15H14BrCl2N3O2. The van der Waals surface area contributed by atoms with Crippen LogP contribution in [0.25, 0.3) is 0 Å². The van der Waals surface area contributed by atoms with Crippen LogP contribution < -0.4 is 15.4 Å². The van der Waals surface area contributed by atoms with E-state index in [9.17, 15) is 4.79 Å². The fourth-order valence-corrected chi connectivity index (χ4v) is 2.95. The molecule has 23 heavy (non-hydrogen) atoms. The summed E-state index contributed by atoms with van der Waals surface area (Å²) in [4.78, 5) is 15.6. The van der Waals surface area contributed by atoms with E-state index in [1.54, 1.807) is 7.11 Å². The van der Waals surface area contributed by atoms with Crippen molar-refractivity contribution in [3.63, 3.8) is 0 Å². The molecule has 0 atom stereocenters. The number of hydrogen-bond acceptors (Lipinski definition) is 3. The van der Waals surface area contributed by atoms with Crippen LogP contribution in [0.3, 0.4) is 0 Å². The van der Waals surface area contributed by atoms with Gasteiger partial charge in [-0.3, -0.25) is 0 Å². The third-order valence-electron chi connectivity index (χ3n) is 2.94. The van der Waals surface area contributed by atoms with Gasteiger partial charge in [0.05, 0.1) is 11.6 Å². The van der Waals surface area contributed by atoms with Gasteiger partial charge in [0, 0.05) is 12.2 Å². The molecule has 0 aliphatic rings. The van der Waals surface area contributed by atoms with Crippen LogP contribution in [0.2, 0.25) is 10.3 Å². The van der Waals surface area contributed by atoms with E-state index in [0.717, 1.165) is 15.8 Å². The number of amides is 2. The Morgan fingerprint density at radius 1 is 1.26 bits per heavy atom. The topological polar surface area (TPSA) is 63.2 Å². The van der Waals surface area contributed by atoms with E-state index >= 15 is 0 Å². The number of nitrogens with zero attached hydrogens (tertiary/aromatic N) is 1. The highest BCUT2D eigenvalue weighted by Gasteiger charge is 2.05. The Morgan fingerprint density at radius 2 is 1.96 bits per heavy atom. The summed E-state index contributed by atoms with van der Waals surface area (Å²) in [7, 11) is 1.61. The molecule has 0 bridgehead atoms. The minimum Gasteiger partial charge on any atom is -0.496 e. The summed E-state index contributed by atoms with van der Waals surface area (Å²) in [6, 6.07) is 8.49. The standard InChI is InChI=1S/C15H14BrCl2N3O2/c1-23-12-3-2-9(6-11(12)16)4-5-19-15(22)20-10-7-13(17)21-14(18)8-10/h2-3,6-8H,4-5H2,1H3,(H2,19,20,21,22). The van der Waals surface area contributed by atoms with Gasteiger partial charge in [0.25, 0.3) is 0 Å². The lowest BCUT2D eigenvalue weighted by Crippen LogP contribution is -2.30. The Labute approximate surface area is 152 Å². The molecule has 0 spiro atoms. The van der Waals surface area contributed by atoms with Crippen LogP contribution in [0.5, 0.6) is 5.75 Å². The smallest absolute Gasteiger partial charge is 0.319 e. The number of rotatable bonds is 5. The number of halogens is 3. The van der Waals surface area contributed by atoms with Crippen molar-refractivity contribution in [1.82, 2.24) is 10.3 Å². The van der Waals surface area contributed by atoms with Gasteiger partial charge in [0.15, 0.2) is 0 Å². The third-order valence-corrected chi connectivity index (χ3v) is 3.94. The monoisotopic (exact) mass is 417 g/mol. The summed E-state index contributed by atoms with van der Waals surface area (Å²) >= 11 is 15.0. The summed E-state index contributed by atoms with van der Waals surface area (Å²) < 4.78 is 6.05. The number of hydrogen-bond donors (Lipinski definition) is 2. The SMILES string of the molecule is COc1ccc(CCNC(=O)Nc2cc(Cl)nc(Cl)c2)cc1Br. The lowest BCUT2D eigenvalue weighted by Gasteiger charge is -2.09. The van der Waals surface area contributed by atoms with Gasteiger partial charge in [-0.05, 0) is 52.2 Å². The van der Waals surface area contributed by atoms with E-state index in [4.69, 9.17) is 27.9 Å². The van der Waals surface area contributed by atoms with Crippen molar-refractivity contribution in [2.45, 2.75) is 6.42 Å². The van der Waals surface area contributed by atoms with Crippen LogP contribution >= 0.6 is 39.1 Å². The molecule has 0 saturated carbocycles. The maximum Gasteiger partial charge on any atom is 0.319 e.